The van der Waals surface area contributed by atoms with Gasteiger partial charge >= 0.3 is 5.97 Å². The Labute approximate surface area is 111 Å². The maximum absolute atomic E-state index is 12.6. The first-order valence-electron chi connectivity index (χ1n) is 6.83. The van der Waals surface area contributed by atoms with E-state index in [1.165, 1.54) is 17.4 Å². The van der Waals surface area contributed by atoms with Crippen LogP contribution in [-0.4, -0.2) is 39.0 Å². The largest absolute Gasteiger partial charge is 0.480 e. The summed E-state index contributed by atoms with van der Waals surface area (Å²) >= 11 is 0. The molecule has 1 aromatic heterocycles. The Kier molecular flexibility index (Phi) is 3.05. The molecule has 2 aliphatic rings. The van der Waals surface area contributed by atoms with Crippen LogP contribution < -0.4 is 0 Å². The van der Waals surface area contributed by atoms with Gasteiger partial charge in [-0.25, -0.2) is 0 Å². The van der Waals surface area contributed by atoms with Crippen molar-refractivity contribution in [2.75, 3.05) is 6.54 Å². The van der Waals surface area contributed by atoms with E-state index in [9.17, 15) is 9.59 Å². The van der Waals surface area contributed by atoms with Gasteiger partial charge in [0.25, 0.3) is 5.91 Å². The van der Waals surface area contributed by atoms with Crippen LogP contribution in [-0.2, 0) is 11.3 Å². The van der Waals surface area contributed by atoms with Gasteiger partial charge < -0.3 is 14.6 Å². The molecule has 0 saturated heterocycles. The van der Waals surface area contributed by atoms with E-state index in [1.54, 1.807) is 18.3 Å². The topological polar surface area (TPSA) is 62.5 Å². The molecule has 0 atom stereocenters. The highest BCUT2D eigenvalue weighted by atomic mass is 16.4. The van der Waals surface area contributed by atoms with Crippen LogP contribution >= 0.6 is 0 Å². The number of carbonyl (C=O) groups excluding carboxylic acids is 1. The molecule has 0 spiro atoms. The maximum Gasteiger partial charge on any atom is 0.323 e. The highest BCUT2D eigenvalue weighted by Gasteiger charge is 2.37. The van der Waals surface area contributed by atoms with Crippen molar-refractivity contribution >= 4 is 11.9 Å². The first-order chi connectivity index (χ1) is 9.15. The molecule has 1 amide bonds. The lowest BCUT2D eigenvalue weighted by Gasteiger charge is -2.22. The molecule has 5 heteroatoms. The number of aliphatic carboxylic acids is 1. The monoisotopic (exact) mass is 262 g/mol. The summed E-state index contributed by atoms with van der Waals surface area (Å²) in [5, 5.41) is 8.86. The predicted octanol–water partition coefficient (Wildman–Crippen LogP) is 1.59. The highest BCUT2D eigenvalue weighted by molar-refractivity contribution is 5.93. The third kappa shape index (κ3) is 2.80. The fourth-order valence-corrected chi connectivity index (χ4v) is 2.40. The second-order valence-corrected chi connectivity index (χ2v) is 5.55. The van der Waals surface area contributed by atoms with Crippen LogP contribution in [0.3, 0.4) is 0 Å². The number of hydrogen-bond acceptors (Lipinski definition) is 2. The fourth-order valence-electron chi connectivity index (χ4n) is 2.40. The zero-order valence-corrected chi connectivity index (χ0v) is 10.8. The van der Waals surface area contributed by atoms with Gasteiger partial charge in [0.1, 0.15) is 12.2 Å². The molecule has 2 aliphatic carbocycles. The van der Waals surface area contributed by atoms with Crippen LogP contribution in [0.5, 0.6) is 0 Å². The number of hydrogen-bond donors (Lipinski definition) is 1. The second kappa shape index (κ2) is 4.72. The van der Waals surface area contributed by atoms with Gasteiger partial charge in [-0.15, -0.1) is 0 Å². The van der Waals surface area contributed by atoms with Crippen molar-refractivity contribution in [1.82, 2.24) is 9.47 Å². The van der Waals surface area contributed by atoms with Crippen LogP contribution in [0.2, 0.25) is 0 Å². The van der Waals surface area contributed by atoms with Gasteiger partial charge in [0.05, 0.1) is 0 Å². The molecule has 1 N–H and O–H groups in total. The smallest absolute Gasteiger partial charge is 0.323 e. The summed E-state index contributed by atoms with van der Waals surface area (Å²) < 4.78 is 1.52. The highest BCUT2D eigenvalue weighted by Crippen LogP contribution is 2.35. The number of carbonyl (C=O) groups is 2. The predicted molar refractivity (Wildman–Crippen MR) is 68.9 cm³/mol. The Morgan fingerprint density at radius 1 is 1.32 bits per heavy atom. The summed E-state index contributed by atoms with van der Waals surface area (Å²) in [5.41, 5.74) is 0.495. The van der Waals surface area contributed by atoms with Gasteiger partial charge in [0.2, 0.25) is 0 Å². The van der Waals surface area contributed by atoms with Crippen molar-refractivity contribution in [2.24, 2.45) is 5.92 Å². The molecular formula is C14H18N2O3. The third-order valence-electron chi connectivity index (χ3n) is 3.75. The summed E-state index contributed by atoms with van der Waals surface area (Å²) in [6, 6.07) is 3.83. The minimum Gasteiger partial charge on any atom is -0.480 e. The molecule has 102 valence electrons. The summed E-state index contributed by atoms with van der Waals surface area (Å²) in [6.07, 6.45) is 6.25. The number of carboxylic acid groups (broad SMARTS) is 1. The summed E-state index contributed by atoms with van der Waals surface area (Å²) in [6.45, 7) is 0.678. The lowest BCUT2D eigenvalue weighted by molar-refractivity contribution is -0.137. The van der Waals surface area contributed by atoms with Crippen molar-refractivity contribution < 1.29 is 14.7 Å². The molecule has 0 aromatic carbocycles. The van der Waals surface area contributed by atoms with Gasteiger partial charge in [-0.3, -0.25) is 9.59 Å². The van der Waals surface area contributed by atoms with E-state index in [2.05, 4.69) is 0 Å². The number of carboxylic acids is 1. The Morgan fingerprint density at radius 3 is 2.63 bits per heavy atom. The Balaban J connectivity index is 1.76. The van der Waals surface area contributed by atoms with E-state index in [1.807, 2.05) is 4.90 Å². The van der Waals surface area contributed by atoms with Gasteiger partial charge in [-0.1, -0.05) is 0 Å². The Hall–Kier alpha value is -1.78. The maximum atomic E-state index is 12.6. The van der Waals surface area contributed by atoms with Crippen LogP contribution in [0.15, 0.2) is 18.3 Å². The zero-order valence-electron chi connectivity index (χ0n) is 10.8. The van der Waals surface area contributed by atoms with Crippen molar-refractivity contribution in [2.45, 2.75) is 38.3 Å². The lowest BCUT2D eigenvalue weighted by Crippen LogP contribution is -2.36. The van der Waals surface area contributed by atoms with Crippen LogP contribution in [0.25, 0.3) is 0 Å². The molecule has 3 rings (SSSR count). The molecule has 2 saturated carbocycles. The van der Waals surface area contributed by atoms with E-state index < -0.39 is 5.97 Å². The van der Waals surface area contributed by atoms with Gasteiger partial charge in [0, 0.05) is 18.8 Å². The molecule has 5 nitrogen and oxygen atoms in total. The van der Waals surface area contributed by atoms with Crippen molar-refractivity contribution in [3.63, 3.8) is 0 Å². The second-order valence-electron chi connectivity index (χ2n) is 5.55. The lowest BCUT2D eigenvalue weighted by atomic mass is 10.3. The van der Waals surface area contributed by atoms with E-state index in [0.29, 0.717) is 17.7 Å². The Bertz CT molecular complexity index is 501. The molecule has 0 radical (unpaired) electrons. The van der Waals surface area contributed by atoms with E-state index in [-0.39, 0.29) is 12.5 Å². The zero-order chi connectivity index (χ0) is 13.4. The first-order valence-corrected chi connectivity index (χ1v) is 6.83. The summed E-state index contributed by atoms with van der Waals surface area (Å²) in [7, 11) is 0. The van der Waals surface area contributed by atoms with E-state index >= 15 is 0 Å². The average Bonchev–Trinajstić information content (AvgIpc) is 3.25. The van der Waals surface area contributed by atoms with Gasteiger partial charge in [0.15, 0.2) is 0 Å². The van der Waals surface area contributed by atoms with Crippen LogP contribution in [0.4, 0.5) is 0 Å². The van der Waals surface area contributed by atoms with E-state index in [4.69, 9.17) is 5.11 Å². The molecule has 2 fully saturated rings. The molecule has 19 heavy (non-hydrogen) atoms. The molecule has 1 heterocycles. The number of rotatable bonds is 6. The van der Waals surface area contributed by atoms with Crippen molar-refractivity contribution in [1.29, 1.82) is 0 Å². The minimum absolute atomic E-state index is 0.0133. The molecular weight excluding hydrogens is 244 g/mol. The molecule has 0 bridgehead atoms. The molecule has 0 aliphatic heterocycles. The third-order valence-corrected chi connectivity index (χ3v) is 3.75. The van der Waals surface area contributed by atoms with Gasteiger partial charge in [-0.2, -0.15) is 0 Å². The summed E-state index contributed by atoms with van der Waals surface area (Å²) in [4.78, 5) is 25.3. The molecule has 1 aromatic rings. The number of nitrogens with zero attached hydrogens (tertiary/aromatic N) is 2. The standard InChI is InChI=1S/C14H18N2O3/c17-13(18)9-15-7-1-2-12(15)14(19)16(11-5-6-11)8-10-3-4-10/h1-2,7,10-11H,3-6,8-9H2,(H,17,18). The fraction of sp³-hybridized carbons (Fsp3) is 0.571. The first kappa shape index (κ1) is 12.3. The SMILES string of the molecule is O=C(O)Cn1cccc1C(=O)N(CC1CC1)C1CC1. The van der Waals surface area contributed by atoms with Gasteiger partial charge in [-0.05, 0) is 43.7 Å². The van der Waals surface area contributed by atoms with Crippen LogP contribution in [0, 0.1) is 5.92 Å². The quantitative estimate of drug-likeness (QED) is 0.846. The summed E-state index contributed by atoms with van der Waals surface area (Å²) in [5.74, 6) is -0.279. The number of amides is 1. The molecule has 0 unspecified atom stereocenters. The van der Waals surface area contributed by atoms with Crippen LogP contribution in [0.1, 0.15) is 36.2 Å². The minimum atomic E-state index is -0.926. The Morgan fingerprint density at radius 2 is 2.05 bits per heavy atom. The normalized spacial score (nSPS) is 18.3. The average molecular weight is 262 g/mol. The van der Waals surface area contributed by atoms with Crippen molar-refractivity contribution in [3.8, 4) is 0 Å². The van der Waals surface area contributed by atoms with Crippen molar-refractivity contribution in [3.05, 3.63) is 24.0 Å². The number of aromatic nitrogens is 1. The van der Waals surface area contributed by atoms with E-state index in [0.717, 1.165) is 19.4 Å².